The second kappa shape index (κ2) is 6.09. The Labute approximate surface area is 159 Å². The molecule has 0 fully saturated rings. The van der Waals surface area contributed by atoms with E-state index in [1.54, 1.807) is 12.1 Å². The lowest BCUT2D eigenvalue weighted by atomic mass is 10.1. The normalized spacial score (nSPS) is 11.3. The van der Waals surface area contributed by atoms with Crippen molar-refractivity contribution in [3.63, 3.8) is 0 Å². The van der Waals surface area contributed by atoms with E-state index in [4.69, 9.17) is 8.83 Å². The molecular formula is C23H15NO4. The van der Waals surface area contributed by atoms with E-state index in [0.29, 0.717) is 33.7 Å². The third-order valence-electron chi connectivity index (χ3n) is 4.96. The van der Waals surface area contributed by atoms with Crippen molar-refractivity contribution in [1.29, 1.82) is 0 Å². The van der Waals surface area contributed by atoms with E-state index in [2.05, 4.69) is 0 Å². The summed E-state index contributed by atoms with van der Waals surface area (Å²) in [6.07, 6.45) is 0. The van der Waals surface area contributed by atoms with Crippen LogP contribution in [0.3, 0.4) is 0 Å². The van der Waals surface area contributed by atoms with Gasteiger partial charge in [-0.25, -0.2) is 9.59 Å². The molecule has 0 unspecified atom stereocenters. The van der Waals surface area contributed by atoms with Crippen LogP contribution < -0.4 is 11.3 Å². The summed E-state index contributed by atoms with van der Waals surface area (Å²) in [6.45, 7) is 0. The highest BCUT2D eigenvalue weighted by Crippen LogP contribution is 2.28. The van der Waals surface area contributed by atoms with Crippen molar-refractivity contribution in [2.24, 2.45) is 7.05 Å². The number of nitrogens with zero attached hydrogens (tertiary/aromatic N) is 1. The second-order valence-electron chi connectivity index (χ2n) is 6.63. The first-order valence-corrected chi connectivity index (χ1v) is 8.84. The van der Waals surface area contributed by atoms with Crippen molar-refractivity contribution < 1.29 is 8.83 Å². The molecule has 0 saturated heterocycles. The molecule has 3 aromatic heterocycles. The van der Waals surface area contributed by atoms with Gasteiger partial charge in [0.05, 0.1) is 22.5 Å². The maximum atomic E-state index is 12.5. The fraction of sp³-hybridized carbons (Fsp3) is 0.0435. The van der Waals surface area contributed by atoms with E-state index in [-0.39, 0.29) is 0 Å². The Bertz CT molecular complexity index is 1360. The summed E-state index contributed by atoms with van der Waals surface area (Å²) in [5.41, 5.74) is 2.47. The molecule has 136 valence electrons. The Morgan fingerprint density at radius 2 is 1.07 bits per heavy atom. The first kappa shape index (κ1) is 16.3. The number of aromatic nitrogens is 1. The van der Waals surface area contributed by atoms with Gasteiger partial charge in [0.25, 0.3) is 0 Å². The summed E-state index contributed by atoms with van der Waals surface area (Å²) in [7, 11) is 1.81. The molecule has 0 aliphatic rings. The van der Waals surface area contributed by atoms with Gasteiger partial charge in [0.1, 0.15) is 11.2 Å². The molecule has 0 bridgehead atoms. The maximum Gasteiger partial charge on any atom is 0.345 e. The van der Waals surface area contributed by atoms with Crippen molar-refractivity contribution in [2.75, 3.05) is 0 Å². The summed E-state index contributed by atoms with van der Waals surface area (Å²) in [5.74, 6) is 0. The molecule has 0 saturated carbocycles. The molecule has 0 atom stereocenters. The van der Waals surface area contributed by atoms with Crippen LogP contribution in [0.5, 0.6) is 0 Å². The highest BCUT2D eigenvalue weighted by atomic mass is 16.4. The number of para-hydroxylation sites is 2. The van der Waals surface area contributed by atoms with Gasteiger partial charge in [0.15, 0.2) is 0 Å². The highest BCUT2D eigenvalue weighted by Gasteiger charge is 2.16. The number of rotatable bonds is 2. The Hall–Kier alpha value is -3.86. The third kappa shape index (κ3) is 2.48. The molecule has 5 rings (SSSR count). The zero-order chi connectivity index (χ0) is 19.3. The summed E-state index contributed by atoms with van der Waals surface area (Å²) in [6, 6.07) is 22.0. The minimum Gasteiger partial charge on any atom is -0.422 e. The predicted molar refractivity (Wildman–Crippen MR) is 108 cm³/mol. The van der Waals surface area contributed by atoms with Crippen LogP contribution in [0.2, 0.25) is 0 Å². The van der Waals surface area contributed by atoms with Gasteiger partial charge in [-0.05, 0) is 36.4 Å². The largest absolute Gasteiger partial charge is 0.422 e. The van der Waals surface area contributed by atoms with Crippen LogP contribution in [-0.2, 0) is 7.05 Å². The number of fused-ring (bicyclic) bond motifs is 2. The average molecular weight is 369 g/mol. The Balaban J connectivity index is 1.71. The van der Waals surface area contributed by atoms with Crippen LogP contribution in [0.25, 0.3) is 44.5 Å². The van der Waals surface area contributed by atoms with Crippen LogP contribution in [0.15, 0.2) is 91.2 Å². The molecule has 0 N–H and O–H groups in total. The number of hydrogen-bond donors (Lipinski definition) is 0. The smallest absolute Gasteiger partial charge is 0.345 e. The molecule has 28 heavy (non-hydrogen) atoms. The van der Waals surface area contributed by atoms with Gasteiger partial charge in [-0.15, -0.1) is 0 Å². The molecule has 0 radical (unpaired) electrons. The monoisotopic (exact) mass is 369 g/mol. The molecule has 5 aromatic rings. The van der Waals surface area contributed by atoms with E-state index < -0.39 is 11.3 Å². The minimum atomic E-state index is -0.419. The zero-order valence-electron chi connectivity index (χ0n) is 15.0. The number of benzene rings is 2. The molecule has 5 nitrogen and oxygen atoms in total. The molecule has 0 amide bonds. The highest BCUT2D eigenvalue weighted by molar-refractivity contribution is 5.83. The van der Waals surface area contributed by atoms with E-state index in [1.165, 1.54) is 0 Å². The molecular weight excluding hydrogens is 354 g/mol. The summed E-state index contributed by atoms with van der Waals surface area (Å²) in [5, 5.41) is 1.68. The molecule has 0 spiro atoms. The zero-order valence-corrected chi connectivity index (χ0v) is 15.0. The van der Waals surface area contributed by atoms with Crippen molar-refractivity contribution in [3.8, 4) is 22.5 Å². The van der Waals surface area contributed by atoms with Gasteiger partial charge in [-0.1, -0.05) is 36.4 Å². The van der Waals surface area contributed by atoms with Crippen molar-refractivity contribution in [2.45, 2.75) is 0 Å². The summed E-state index contributed by atoms with van der Waals surface area (Å²) >= 11 is 0. The van der Waals surface area contributed by atoms with E-state index in [1.807, 2.05) is 72.3 Å². The Morgan fingerprint density at radius 3 is 1.54 bits per heavy atom. The molecule has 3 heterocycles. The van der Waals surface area contributed by atoms with E-state index in [9.17, 15) is 9.59 Å². The van der Waals surface area contributed by atoms with Crippen LogP contribution in [-0.4, -0.2) is 4.57 Å². The first-order valence-electron chi connectivity index (χ1n) is 8.84. The minimum absolute atomic E-state index is 0.419. The second-order valence-corrected chi connectivity index (χ2v) is 6.63. The standard InChI is InChI=1S/C23H15NO4/c1-24-18(16-12-14-6-2-4-8-20(14)27-22(16)25)10-11-19(24)17-13-15-7-3-5-9-21(15)28-23(17)26/h2-13H,1H3. The lowest BCUT2D eigenvalue weighted by Gasteiger charge is -2.08. The SMILES string of the molecule is Cn1c(-c2cc3ccccc3oc2=O)ccc1-c1cc2ccccc2oc1=O. The molecule has 5 heteroatoms. The van der Waals surface area contributed by atoms with Crippen molar-refractivity contribution in [1.82, 2.24) is 4.57 Å². The van der Waals surface area contributed by atoms with Gasteiger partial charge in [0, 0.05) is 17.8 Å². The molecule has 0 aliphatic carbocycles. The van der Waals surface area contributed by atoms with Crippen molar-refractivity contribution in [3.05, 3.63) is 93.6 Å². The van der Waals surface area contributed by atoms with Gasteiger partial charge < -0.3 is 13.4 Å². The quantitative estimate of drug-likeness (QED) is 0.428. The van der Waals surface area contributed by atoms with E-state index in [0.717, 1.165) is 10.8 Å². The number of hydrogen-bond acceptors (Lipinski definition) is 4. The fourth-order valence-electron chi connectivity index (χ4n) is 3.53. The fourth-order valence-corrected chi connectivity index (χ4v) is 3.53. The first-order chi connectivity index (χ1) is 13.6. The van der Waals surface area contributed by atoms with Crippen LogP contribution in [0.1, 0.15) is 0 Å². The summed E-state index contributed by atoms with van der Waals surface area (Å²) in [4.78, 5) is 25.0. The third-order valence-corrected chi connectivity index (χ3v) is 4.96. The molecule has 0 aliphatic heterocycles. The lowest BCUT2D eigenvalue weighted by Crippen LogP contribution is -2.08. The lowest BCUT2D eigenvalue weighted by molar-refractivity contribution is 0.562. The van der Waals surface area contributed by atoms with Crippen molar-refractivity contribution >= 4 is 21.9 Å². The Morgan fingerprint density at radius 1 is 0.643 bits per heavy atom. The van der Waals surface area contributed by atoms with E-state index >= 15 is 0 Å². The van der Waals surface area contributed by atoms with Gasteiger partial charge in [-0.3, -0.25) is 0 Å². The predicted octanol–water partition coefficient (Wildman–Crippen LogP) is 4.57. The van der Waals surface area contributed by atoms with Gasteiger partial charge in [0.2, 0.25) is 0 Å². The summed E-state index contributed by atoms with van der Waals surface area (Å²) < 4.78 is 12.7. The topological polar surface area (TPSA) is 65.3 Å². The van der Waals surface area contributed by atoms with Crippen LogP contribution in [0.4, 0.5) is 0 Å². The average Bonchev–Trinajstić information content (AvgIpc) is 3.08. The van der Waals surface area contributed by atoms with Crippen LogP contribution >= 0.6 is 0 Å². The van der Waals surface area contributed by atoms with Gasteiger partial charge >= 0.3 is 11.3 Å². The Kier molecular flexibility index (Phi) is 3.55. The maximum absolute atomic E-state index is 12.5. The van der Waals surface area contributed by atoms with Crippen LogP contribution in [0, 0.1) is 0 Å². The van der Waals surface area contributed by atoms with Gasteiger partial charge in [-0.2, -0.15) is 0 Å². The molecule has 2 aromatic carbocycles.